The molecule has 0 saturated carbocycles. The third-order valence-corrected chi connectivity index (χ3v) is 2.66. The van der Waals surface area contributed by atoms with E-state index in [2.05, 4.69) is 16.2 Å². The summed E-state index contributed by atoms with van der Waals surface area (Å²) in [7, 11) is 0. The standard InChI is InChI=1S/C14H19N3O2S/c1-9(2)8-13(19)16-17-14(20)15-12-6-4-11(5-7-12)10(3)18/h4-7,9H,8H2,1-3H3,(H,16,19)(H2,15,17,20). The number of Topliss-reactive ketones (excluding diaryl/α,β-unsaturated/α-hetero) is 1. The summed E-state index contributed by atoms with van der Waals surface area (Å²) in [6.07, 6.45) is 0.433. The number of nitrogens with one attached hydrogen (secondary N) is 3. The number of rotatable bonds is 4. The van der Waals surface area contributed by atoms with Crippen molar-refractivity contribution in [2.24, 2.45) is 5.92 Å². The zero-order chi connectivity index (χ0) is 15.1. The minimum absolute atomic E-state index is 0.0122. The van der Waals surface area contributed by atoms with Crippen molar-refractivity contribution in [3.05, 3.63) is 29.8 Å². The van der Waals surface area contributed by atoms with Gasteiger partial charge in [0.25, 0.3) is 0 Å². The molecule has 1 aromatic rings. The molecule has 5 nitrogen and oxygen atoms in total. The Kier molecular flexibility index (Phi) is 6.11. The van der Waals surface area contributed by atoms with Crippen LogP contribution in [0.15, 0.2) is 24.3 Å². The van der Waals surface area contributed by atoms with Crippen molar-refractivity contribution in [3.63, 3.8) is 0 Å². The monoisotopic (exact) mass is 293 g/mol. The van der Waals surface area contributed by atoms with E-state index >= 15 is 0 Å². The van der Waals surface area contributed by atoms with Gasteiger partial charge in [0.05, 0.1) is 0 Å². The zero-order valence-corrected chi connectivity index (χ0v) is 12.6. The van der Waals surface area contributed by atoms with E-state index < -0.39 is 0 Å². The lowest BCUT2D eigenvalue weighted by atomic mass is 10.1. The molecule has 0 fully saturated rings. The lowest BCUT2D eigenvalue weighted by Gasteiger charge is -2.12. The molecule has 108 valence electrons. The number of ketones is 1. The van der Waals surface area contributed by atoms with Crippen molar-refractivity contribution < 1.29 is 9.59 Å². The molecular formula is C14H19N3O2S. The first-order valence-electron chi connectivity index (χ1n) is 6.35. The Balaban J connectivity index is 2.42. The molecule has 0 radical (unpaired) electrons. The highest BCUT2D eigenvalue weighted by Gasteiger charge is 2.05. The molecule has 1 aromatic carbocycles. The minimum Gasteiger partial charge on any atom is -0.331 e. The van der Waals surface area contributed by atoms with Gasteiger partial charge in [-0.05, 0) is 49.3 Å². The molecule has 0 aliphatic carbocycles. The van der Waals surface area contributed by atoms with Gasteiger partial charge < -0.3 is 5.32 Å². The summed E-state index contributed by atoms with van der Waals surface area (Å²) in [6, 6.07) is 6.93. The van der Waals surface area contributed by atoms with Gasteiger partial charge >= 0.3 is 0 Å². The highest BCUT2D eigenvalue weighted by atomic mass is 32.1. The molecule has 20 heavy (non-hydrogen) atoms. The number of anilines is 1. The SMILES string of the molecule is CC(=O)c1ccc(NC(=S)NNC(=O)CC(C)C)cc1. The average molecular weight is 293 g/mol. The number of carbonyl (C=O) groups is 2. The maximum absolute atomic E-state index is 11.4. The second-order valence-electron chi connectivity index (χ2n) is 4.86. The predicted octanol–water partition coefficient (Wildman–Crippen LogP) is 2.25. The largest absolute Gasteiger partial charge is 0.331 e. The summed E-state index contributed by atoms with van der Waals surface area (Å²) in [5.74, 6) is 0.187. The van der Waals surface area contributed by atoms with Crippen LogP contribution < -0.4 is 16.2 Å². The van der Waals surface area contributed by atoms with Crippen LogP contribution in [0.4, 0.5) is 5.69 Å². The quantitative estimate of drug-likeness (QED) is 0.451. The molecule has 0 unspecified atom stereocenters. The number of carbonyl (C=O) groups excluding carboxylic acids is 2. The molecule has 3 N–H and O–H groups in total. The molecule has 0 aromatic heterocycles. The van der Waals surface area contributed by atoms with Crippen molar-refractivity contribution >= 4 is 34.7 Å². The van der Waals surface area contributed by atoms with Crippen LogP contribution >= 0.6 is 12.2 Å². The van der Waals surface area contributed by atoms with E-state index in [1.807, 2.05) is 13.8 Å². The Hall–Kier alpha value is -1.95. The van der Waals surface area contributed by atoms with Crippen LogP contribution in [0.5, 0.6) is 0 Å². The Bertz CT molecular complexity index is 498. The Morgan fingerprint density at radius 2 is 1.75 bits per heavy atom. The molecule has 0 saturated heterocycles. The topological polar surface area (TPSA) is 70.2 Å². The predicted molar refractivity (Wildman–Crippen MR) is 83.4 cm³/mol. The van der Waals surface area contributed by atoms with Gasteiger partial charge in [0, 0.05) is 17.7 Å². The van der Waals surface area contributed by atoms with E-state index in [4.69, 9.17) is 12.2 Å². The zero-order valence-electron chi connectivity index (χ0n) is 11.8. The minimum atomic E-state index is -0.115. The van der Waals surface area contributed by atoms with E-state index in [1.54, 1.807) is 24.3 Å². The van der Waals surface area contributed by atoms with Crippen LogP contribution in [0.1, 0.15) is 37.6 Å². The third-order valence-electron chi connectivity index (χ3n) is 2.46. The average Bonchev–Trinajstić information content (AvgIpc) is 2.36. The fraction of sp³-hybridized carbons (Fsp3) is 0.357. The van der Waals surface area contributed by atoms with Gasteiger partial charge in [0.15, 0.2) is 10.9 Å². The fourth-order valence-corrected chi connectivity index (χ4v) is 1.67. The number of hydrogen-bond acceptors (Lipinski definition) is 3. The number of hydrazine groups is 1. The van der Waals surface area contributed by atoms with Crippen molar-refractivity contribution in [2.75, 3.05) is 5.32 Å². The van der Waals surface area contributed by atoms with E-state index in [9.17, 15) is 9.59 Å². The molecule has 0 heterocycles. The van der Waals surface area contributed by atoms with Crippen molar-refractivity contribution in [1.29, 1.82) is 0 Å². The van der Waals surface area contributed by atoms with Gasteiger partial charge in [-0.15, -0.1) is 0 Å². The lowest BCUT2D eigenvalue weighted by molar-refractivity contribution is -0.122. The van der Waals surface area contributed by atoms with Crippen LogP contribution in [-0.4, -0.2) is 16.8 Å². The molecule has 0 atom stereocenters. The first-order valence-corrected chi connectivity index (χ1v) is 6.76. The molecule has 0 bridgehead atoms. The molecular weight excluding hydrogens is 274 g/mol. The molecule has 0 aliphatic rings. The summed E-state index contributed by atoms with van der Waals surface area (Å²) in [5, 5.41) is 3.20. The molecule has 0 aliphatic heterocycles. The molecule has 1 amide bonds. The van der Waals surface area contributed by atoms with E-state index in [-0.39, 0.29) is 22.7 Å². The van der Waals surface area contributed by atoms with Gasteiger partial charge in [-0.3, -0.25) is 20.4 Å². The van der Waals surface area contributed by atoms with Crippen molar-refractivity contribution in [2.45, 2.75) is 27.2 Å². The smallest absolute Gasteiger partial charge is 0.238 e. The van der Waals surface area contributed by atoms with E-state index in [1.165, 1.54) is 6.92 Å². The van der Waals surface area contributed by atoms with Crippen molar-refractivity contribution in [1.82, 2.24) is 10.9 Å². The van der Waals surface area contributed by atoms with Crippen LogP contribution in [-0.2, 0) is 4.79 Å². The second-order valence-corrected chi connectivity index (χ2v) is 5.27. The highest BCUT2D eigenvalue weighted by Crippen LogP contribution is 2.09. The van der Waals surface area contributed by atoms with Crippen LogP contribution in [0.2, 0.25) is 0 Å². The van der Waals surface area contributed by atoms with Crippen LogP contribution in [0.3, 0.4) is 0 Å². The first-order chi connectivity index (χ1) is 9.38. The summed E-state index contributed by atoms with van der Waals surface area (Å²) >= 11 is 5.05. The first kappa shape index (κ1) is 16.1. The van der Waals surface area contributed by atoms with Gasteiger partial charge in [-0.2, -0.15) is 0 Å². The maximum atomic E-state index is 11.4. The van der Waals surface area contributed by atoms with Crippen molar-refractivity contribution in [3.8, 4) is 0 Å². The van der Waals surface area contributed by atoms with E-state index in [0.717, 1.165) is 5.69 Å². The Labute approximate surface area is 124 Å². The number of amides is 1. The number of thiocarbonyl (C=S) groups is 1. The number of hydrogen-bond donors (Lipinski definition) is 3. The van der Waals surface area contributed by atoms with E-state index in [0.29, 0.717) is 12.0 Å². The lowest BCUT2D eigenvalue weighted by Crippen LogP contribution is -2.44. The maximum Gasteiger partial charge on any atom is 0.238 e. The Morgan fingerprint density at radius 3 is 2.25 bits per heavy atom. The summed E-state index contributed by atoms with van der Waals surface area (Å²) in [5.41, 5.74) is 6.52. The summed E-state index contributed by atoms with van der Waals surface area (Å²) in [4.78, 5) is 22.6. The van der Waals surface area contributed by atoms with Gasteiger partial charge in [-0.25, -0.2) is 0 Å². The molecule has 6 heteroatoms. The second kappa shape index (κ2) is 7.59. The molecule has 1 rings (SSSR count). The normalized spacial score (nSPS) is 10.0. The molecule has 0 spiro atoms. The van der Waals surface area contributed by atoms with Crippen LogP contribution in [0.25, 0.3) is 0 Å². The third kappa shape index (κ3) is 5.79. The van der Waals surface area contributed by atoms with Gasteiger partial charge in [0.2, 0.25) is 5.91 Å². The van der Waals surface area contributed by atoms with Gasteiger partial charge in [-0.1, -0.05) is 13.8 Å². The number of benzene rings is 1. The Morgan fingerprint density at radius 1 is 1.15 bits per heavy atom. The fourth-order valence-electron chi connectivity index (χ4n) is 1.50. The summed E-state index contributed by atoms with van der Waals surface area (Å²) < 4.78 is 0. The highest BCUT2D eigenvalue weighted by molar-refractivity contribution is 7.80. The van der Waals surface area contributed by atoms with Gasteiger partial charge in [0.1, 0.15) is 0 Å². The van der Waals surface area contributed by atoms with Crippen LogP contribution in [0, 0.1) is 5.92 Å². The summed E-state index contributed by atoms with van der Waals surface area (Å²) in [6.45, 7) is 5.44.